The third kappa shape index (κ3) is 4.30. The van der Waals surface area contributed by atoms with Crippen molar-refractivity contribution in [1.29, 1.82) is 0 Å². The zero-order chi connectivity index (χ0) is 18.9. The number of hydrogen-bond acceptors (Lipinski definition) is 4. The topological polar surface area (TPSA) is 41.0 Å². The van der Waals surface area contributed by atoms with Crippen molar-refractivity contribution in [2.75, 3.05) is 25.5 Å². The fourth-order valence-electron chi connectivity index (χ4n) is 3.24. The summed E-state index contributed by atoms with van der Waals surface area (Å²) < 4.78 is 51.9. The number of anilines is 1. The molecule has 0 aliphatic carbocycles. The van der Waals surface area contributed by atoms with Gasteiger partial charge in [-0.1, -0.05) is 6.07 Å². The minimum Gasteiger partial charge on any atom is -0.364 e. The van der Waals surface area contributed by atoms with E-state index in [0.717, 1.165) is 12.1 Å². The van der Waals surface area contributed by atoms with Crippen molar-refractivity contribution in [2.24, 2.45) is 0 Å². The van der Waals surface area contributed by atoms with Crippen LogP contribution in [0.4, 0.5) is 23.4 Å². The van der Waals surface area contributed by atoms with Gasteiger partial charge >= 0.3 is 6.18 Å². The smallest absolute Gasteiger partial charge is 0.364 e. The summed E-state index contributed by atoms with van der Waals surface area (Å²) in [7, 11) is 1.86. The molecule has 4 nitrogen and oxygen atoms in total. The van der Waals surface area contributed by atoms with Crippen LogP contribution in [0.2, 0.25) is 0 Å². The highest BCUT2D eigenvalue weighted by atomic mass is 19.4. The van der Waals surface area contributed by atoms with E-state index in [0.29, 0.717) is 42.1 Å². The Morgan fingerprint density at radius 3 is 2.46 bits per heavy atom. The average Bonchev–Trinajstić information content (AvgIpc) is 2.54. The van der Waals surface area contributed by atoms with Crippen LogP contribution in [0, 0.1) is 6.92 Å². The maximum Gasteiger partial charge on any atom is 0.416 e. The number of benzene rings is 1. The lowest BCUT2D eigenvalue weighted by Crippen LogP contribution is -2.45. The van der Waals surface area contributed by atoms with Crippen molar-refractivity contribution >= 4 is 5.82 Å². The molecular formula is C18H20F4N4. The van der Waals surface area contributed by atoms with Gasteiger partial charge in [0.25, 0.3) is 0 Å². The van der Waals surface area contributed by atoms with Crippen LogP contribution in [0.25, 0.3) is 11.3 Å². The molecule has 1 aliphatic heterocycles. The van der Waals surface area contributed by atoms with Crippen molar-refractivity contribution < 1.29 is 17.6 Å². The molecule has 1 N–H and O–H groups in total. The van der Waals surface area contributed by atoms with Gasteiger partial charge in [0.1, 0.15) is 12.0 Å². The zero-order valence-electron chi connectivity index (χ0n) is 14.5. The molecule has 8 heteroatoms. The first kappa shape index (κ1) is 18.6. The summed E-state index contributed by atoms with van der Waals surface area (Å²) in [5.74, 6) is 0.519. The molecule has 2 atom stereocenters. The summed E-state index contributed by atoms with van der Waals surface area (Å²) in [6.45, 7) is 2.75. The Hall–Kier alpha value is -2.22. The fourth-order valence-corrected chi connectivity index (χ4v) is 3.24. The molecule has 0 spiro atoms. The molecule has 0 bridgehead atoms. The summed E-state index contributed by atoms with van der Waals surface area (Å²) in [6, 6.07) is 6.89. The van der Waals surface area contributed by atoms with E-state index >= 15 is 0 Å². The first-order valence-electron chi connectivity index (χ1n) is 8.33. The molecule has 0 amide bonds. The summed E-state index contributed by atoms with van der Waals surface area (Å²) >= 11 is 0. The number of likely N-dealkylation sites (N-methyl/N-ethyl adjacent to an activating group) is 1. The second-order valence-corrected chi connectivity index (χ2v) is 6.73. The zero-order valence-corrected chi connectivity index (χ0v) is 14.5. The van der Waals surface area contributed by atoms with Crippen LogP contribution in [0.15, 0.2) is 30.3 Å². The van der Waals surface area contributed by atoms with Gasteiger partial charge in [0.2, 0.25) is 0 Å². The number of halogens is 4. The van der Waals surface area contributed by atoms with Crippen LogP contribution < -0.4 is 5.32 Å². The normalized spacial score (nSPS) is 21.6. The van der Waals surface area contributed by atoms with E-state index in [1.165, 1.54) is 6.07 Å². The molecule has 1 fully saturated rings. The van der Waals surface area contributed by atoms with Crippen molar-refractivity contribution in [3.8, 4) is 11.3 Å². The highest BCUT2D eigenvalue weighted by Crippen LogP contribution is 2.32. The van der Waals surface area contributed by atoms with E-state index in [1.54, 1.807) is 19.1 Å². The van der Waals surface area contributed by atoms with Crippen molar-refractivity contribution in [2.45, 2.75) is 31.7 Å². The molecule has 1 aromatic heterocycles. The van der Waals surface area contributed by atoms with Crippen molar-refractivity contribution in [3.05, 3.63) is 41.5 Å². The van der Waals surface area contributed by atoms with Gasteiger partial charge in [0.15, 0.2) is 0 Å². The van der Waals surface area contributed by atoms with Gasteiger partial charge in [-0.2, -0.15) is 13.2 Å². The van der Waals surface area contributed by atoms with Crippen LogP contribution in [0.3, 0.4) is 0 Å². The highest BCUT2D eigenvalue weighted by molar-refractivity contribution is 5.64. The first-order valence-corrected chi connectivity index (χ1v) is 8.33. The Labute approximate surface area is 149 Å². The molecule has 2 aromatic rings. The minimum absolute atomic E-state index is 0.0586. The molecule has 0 saturated carbocycles. The summed E-state index contributed by atoms with van der Waals surface area (Å²) in [4.78, 5) is 1.92. The van der Waals surface area contributed by atoms with Gasteiger partial charge in [-0.15, -0.1) is 10.2 Å². The number of rotatable bonds is 3. The Morgan fingerprint density at radius 2 is 1.88 bits per heavy atom. The van der Waals surface area contributed by atoms with E-state index in [1.807, 2.05) is 11.9 Å². The molecule has 1 aliphatic rings. The van der Waals surface area contributed by atoms with Crippen molar-refractivity contribution in [1.82, 2.24) is 15.1 Å². The highest BCUT2D eigenvalue weighted by Gasteiger charge is 2.30. The molecule has 140 valence electrons. The summed E-state index contributed by atoms with van der Waals surface area (Å²) in [5.41, 5.74) is 0.875. The van der Waals surface area contributed by atoms with E-state index in [-0.39, 0.29) is 6.04 Å². The van der Waals surface area contributed by atoms with E-state index < -0.39 is 17.9 Å². The quantitative estimate of drug-likeness (QED) is 0.834. The monoisotopic (exact) mass is 368 g/mol. The maximum absolute atomic E-state index is 13.6. The van der Waals surface area contributed by atoms with Gasteiger partial charge in [-0.3, -0.25) is 0 Å². The molecule has 26 heavy (non-hydrogen) atoms. The third-order valence-corrected chi connectivity index (χ3v) is 4.43. The summed E-state index contributed by atoms with van der Waals surface area (Å²) in [5, 5.41) is 11.4. The Bertz CT molecular complexity index is 751. The SMILES string of the molecule is Cc1cc(C(F)(F)F)ccc1-c1ccc(N[C@@H]2C[C@H](F)CN(C)C2)nn1. The van der Waals surface area contributed by atoms with Crippen LogP contribution >= 0.6 is 0 Å². The van der Waals surface area contributed by atoms with Gasteiger partial charge in [-0.05, 0) is 43.8 Å². The summed E-state index contributed by atoms with van der Waals surface area (Å²) in [6.07, 6.45) is -4.84. The molecular weight excluding hydrogens is 348 g/mol. The molecule has 2 heterocycles. The minimum atomic E-state index is -4.37. The van der Waals surface area contributed by atoms with E-state index in [2.05, 4.69) is 15.5 Å². The molecule has 1 aromatic carbocycles. The number of aromatic nitrogens is 2. The third-order valence-electron chi connectivity index (χ3n) is 4.43. The predicted octanol–water partition coefficient (Wildman–Crippen LogP) is 3.92. The van der Waals surface area contributed by atoms with E-state index in [9.17, 15) is 17.6 Å². The van der Waals surface area contributed by atoms with Gasteiger partial charge in [0, 0.05) is 31.1 Å². The number of aryl methyl sites for hydroxylation is 1. The lowest BCUT2D eigenvalue weighted by molar-refractivity contribution is -0.137. The molecule has 0 radical (unpaired) electrons. The van der Waals surface area contributed by atoms with Gasteiger partial charge in [0.05, 0.1) is 11.3 Å². The van der Waals surface area contributed by atoms with Crippen LogP contribution in [0.1, 0.15) is 17.5 Å². The second kappa shape index (κ2) is 7.19. The standard InChI is InChI=1S/C18H20F4N4/c1-11-7-12(18(20,21)22)3-4-15(11)16-5-6-17(25-24-16)23-14-8-13(19)9-26(2)10-14/h3-7,13-14H,8-10H2,1-2H3,(H,23,25)/t13-,14+/m0/s1. The van der Waals surface area contributed by atoms with Gasteiger partial charge < -0.3 is 10.2 Å². The Kier molecular flexibility index (Phi) is 5.13. The van der Waals surface area contributed by atoms with Crippen LogP contribution in [-0.2, 0) is 6.18 Å². The molecule has 3 rings (SSSR count). The Balaban J connectivity index is 1.73. The number of hydrogen-bond donors (Lipinski definition) is 1. The van der Waals surface area contributed by atoms with Gasteiger partial charge in [-0.25, -0.2) is 4.39 Å². The lowest BCUT2D eigenvalue weighted by atomic mass is 10.0. The Morgan fingerprint density at radius 1 is 1.12 bits per heavy atom. The first-order chi connectivity index (χ1) is 12.2. The number of nitrogens with one attached hydrogen (secondary N) is 1. The fraction of sp³-hybridized carbons (Fsp3) is 0.444. The largest absolute Gasteiger partial charge is 0.416 e. The second-order valence-electron chi connectivity index (χ2n) is 6.73. The molecule has 0 unspecified atom stereocenters. The van der Waals surface area contributed by atoms with E-state index in [4.69, 9.17) is 0 Å². The average molecular weight is 368 g/mol. The number of nitrogens with zero attached hydrogens (tertiary/aromatic N) is 3. The van der Waals surface area contributed by atoms with Crippen LogP contribution in [-0.4, -0.2) is 47.4 Å². The predicted molar refractivity (Wildman–Crippen MR) is 91.6 cm³/mol. The number of alkyl halides is 4. The maximum atomic E-state index is 13.6. The number of likely N-dealkylation sites (tertiary alicyclic amines) is 1. The molecule has 1 saturated heterocycles. The van der Waals surface area contributed by atoms with Crippen molar-refractivity contribution in [3.63, 3.8) is 0 Å². The number of piperidine rings is 1. The lowest BCUT2D eigenvalue weighted by Gasteiger charge is -2.32. The van der Waals surface area contributed by atoms with Crippen LogP contribution in [0.5, 0.6) is 0 Å².